The van der Waals surface area contributed by atoms with Crippen LogP contribution in [0.3, 0.4) is 0 Å². The van der Waals surface area contributed by atoms with Crippen molar-refractivity contribution in [1.82, 2.24) is 4.90 Å². The quantitative estimate of drug-likeness (QED) is 0.811. The van der Waals surface area contributed by atoms with Crippen LogP contribution in [0.1, 0.15) is 11.5 Å². The van der Waals surface area contributed by atoms with Gasteiger partial charge in [-0.25, -0.2) is 0 Å². The van der Waals surface area contributed by atoms with E-state index in [-0.39, 0.29) is 11.6 Å². The van der Waals surface area contributed by atoms with E-state index in [1.807, 2.05) is 13.1 Å². The predicted octanol–water partition coefficient (Wildman–Crippen LogP) is 2.48. The van der Waals surface area contributed by atoms with Gasteiger partial charge in [0.2, 0.25) is 0 Å². The second-order valence-corrected chi connectivity index (χ2v) is 7.12. The van der Waals surface area contributed by atoms with Gasteiger partial charge in [-0.1, -0.05) is 12.1 Å². The first-order valence-corrected chi connectivity index (χ1v) is 8.88. The van der Waals surface area contributed by atoms with Gasteiger partial charge in [0, 0.05) is 36.6 Å². The van der Waals surface area contributed by atoms with Crippen molar-refractivity contribution < 1.29 is 9.47 Å². The monoisotopic (exact) mass is 375 g/mol. The average molecular weight is 375 g/mol. The first-order chi connectivity index (χ1) is 13.5. The van der Waals surface area contributed by atoms with Crippen molar-refractivity contribution in [3.8, 4) is 29.7 Å². The molecular weight excluding hydrogens is 354 g/mol. The fourth-order valence-corrected chi connectivity index (χ4v) is 4.37. The van der Waals surface area contributed by atoms with Gasteiger partial charge in [0.15, 0.2) is 5.41 Å². The van der Waals surface area contributed by atoms with Crippen LogP contribution in [-0.4, -0.2) is 45.0 Å². The minimum Gasteiger partial charge on any atom is -0.497 e. The van der Waals surface area contributed by atoms with Crippen LogP contribution in [0.15, 0.2) is 29.8 Å². The van der Waals surface area contributed by atoms with Crippen molar-refractivity contribution in [3.05, 3.63) is 35.4 Å². The highest BCUT2D eigenvalue weighted by Crippen LogP contribution is 2.55. The molecule has 1 fully saturated rings. The molecule has 28 heavy (non-hydrogen) atoms. The molecule has 1 N–H and O–H groups in total. The summed E-state index contributed by atoms with van der Waals surface area (Å²) < 4.78 is 10.8. The molecule has 0 saturated heterocycles. The number of nitrogens with one attached hydrogen (secondary N) is 1. The number of ether oxygens (including phenoxy) is 2. The molecule has 1 unspecified atom stereocenters. The van der Waals surface area contributed by atoms with Crippen LogP contribution in [0.4, 0.5) is 0 Å². The Balaban J connectivity index is 2.30. The van der Waals surface area contributed by atoms with E-state index in [0.717, 1.165) is 5.57 Å². The third-order valence-electron chi connectivity index (χ3n) is 5.75. The minimum absolute atomic E-state index is 0.157. The van der Waals surface area contributed by atoms with Gasteiger partial charge in [0.1, 0.15) is 17.4 Å². The Morgan fingerprint density at radius 3 is 2.46 bits per heavy atom. The highest BCUT2D eigenvalue weighted by molar-refractivity contribution is 6.01. The lowest BCUT2D eigenvalue weighted by Crippen LogP contribution is -2.52. The van der Waals surface area contributed by atoms with E-state index < -0.39 is 17.3 Å². The van der Waals surface area contributed by atoms with Crippen molar-refractivity contribution >= 4 is 5.71 Å². The molecule has 1 saturated carbocycles. The zero-order valence-corrected chi connectivity index (χ0v) is 16.1. The summed E-state index contributed by atoms with van der Waals surface area (Å²) in [7, 11) is 5.03. The van der Waals surface area contributed by atoms with Crippen molar-refractivity contribution in [2.45, 2.75) is 5.92 Å². The largest absolute Gasteiger partial charge is 0.497 e. The number of hydrogen-bond donors (Lipinski definition) is 1. The maximum Gasteiger partial charge on any atom is 0.189 e. The van der Waals surface area contributed by atoms with E-state index in [1.165, 1.54) is 7.11 Å². The fraction of sp³-hybridized carbons (Fsp3) is 0.429. The van der Waals surface area contributed by atoms with Crippen molar-refractivity contribution in [2.24, 2.45) is 17.3 Å². The van der Waals surface area contributed by atoms with Gasteiger partial charge < -0.3 is 19.8 Å². The summed E-state index contributed by atoms with van der Waals surface area (Å²) in [6.45, 7) is 1.25. The predicted molar refractivity (Wildman–Crippen MR) is 102 cm³/mol. The van der Waals surface area contributed by atoms with Gasteiger partial charge in [-0.05, 0) is 18.7 Å². The van der Waals surface area contributed by atoms with Crippen LogP contribution in [0.2, 0.25) is 0 Å². The van der Waals surface area contributed by atoms with Crippen molar-refractivity contribution in [2.75, 3.05) is 34.4 Å². The van der Waals surface area contributed by atoms with Gasteiger partial charge in [0.25, 0.3) is 0 Å². The first-order valence-electron chi connectivity index (χ1n) is 8.88. The molecule has 1 aromatic rings. The number of likely N-dealkylation sites (N-methyl/N-ethyl adjacent to an activating group) is 1. The van der Waals surface area contributed by atoms with E-state index in [2.05, 4.69) is 23.1 Å². The number of rotatable bonds is 3. The molecule has 3 rings (SSSR count). The molecule has 3 atom stereocenters. The third kappa shape index (κ3) is 2.71. The van der Waals surface area contributed by atoms with Crippen LogP contribution in [-0.2, 0) is 0 Å². The smallest absolute Gasteiger partial charge is 0.189 e. The summed E-state index contributed by atoms with van der Waals surface area (Å²) in [6.07, 6.45) is 1.96. The minimum atomic E-state index is -1.75. The Morgan fingerprint density at radius 2 is 1.89 bits per heavy atom. The molecule has 0 aromatic heterocycles. The number of hydrogen-bond acceptors (Lipinski definition) is 7. The van der Waals surface area contributed by atoms with Crippen LogP contribution in [0, 0.1) is 56.7 Å². The number of fused-ring (bicyclic) bond motifs is 1. The lowest BCUT2D eigenvalue weighted by atomic mass is 9.54. The van der Waals surface area contributed by atoms with Gasteiger partial charge in [-0.3, -0.25) is 0 Å². The standard InChI is InChI=1S/C21H21N5O2/c1-26-7-6-14-16(9-22)20(25)21(11-23,12-24)19(17(14)10-26)15-5-4-13(27-2)8-18(15)28-3/h4-6,8,16-17,19,25H,7,10H2,1-3H3/t16?,17-,19-/m0/s1. The number of nitriles is 3. The molecule has 7 nitrogen and oxygen atoms in total. The van der Waals surface area contributed by atoms with Gasteiger partial charge in [-0.15, -0.1) is 0 Å². The van der Waals surface area contributed by atoms with E-state index in [9.17, 15) is 15.8 Å². The maximum absolute atomic E-state index is 10.1. The molecule has 0 amide bonds. The number of nitrogens with zero attached hydrogens (tertiary/aromatic N) is 4. The zero-order chi connectivity index (χ0) is 20.5. The molecule has 142 valence electrons. The molecular formula is C21H21N5O2. The summed E-state index contributed by atoms with van der Waals surface area (Å²) in [5.41, 5.74) is -0.425. The molecule has 0 bridgehead atoms. The molecule has 1 aliphatic heterocycles. The average Bonchev–Trinajstić information content (AvgIpc) is 2.73. The number of methoxy groups -OCH3 is 2. The van der Waals surface area contributed by atoms with E-state index >= 15 is 0 Å². The summed E-state index contributed by atoms with van der Waals surface area (Å²) >= 11 is 0. The maximum atomic E-state index is 10.1. The Kier molecular flexibility index (Phi) is 5.10. The summed E-state index contributed by atoms with van der Waals surface area (Å²) in [5.74, 6) is -0.653. The number of benzene rings is 1. The lowest BCUT2D eigenvalue weighted by Gasteiger charge is -2.47. The molecule has 1 aliphatic carbocycles. The van der Waals surface area contributed by atoms with Crippen molar-refractivity contribution in [3.63, 3.8) is 0 Å². The highest BCUT2D eigenvalue weighted by Gasteiger charge is 2.58. The van der Waals surface area contributed by atoms with Crippen molar-refractivity contribution in [1.29, 1.82) is 21.2 Å². The molecule has 1 heterocycles. The van der Waals surface area contributed by atoms with Gasteiger partial charge >= 0.3 is 0 Å². The van der Waals surface area contributed by atoms with Gasteiger partial charge in [-0.2, -0.15) is 15.8 Å². The highest BCUT2D eigenvalue weighted by atomic mass is 16.5. The Hall–Kier alpha value is -3.34. The summed E-state index contributed by atoms with van der Waals surface area (Å²) in [5, 5.41) is 38.4. The summed E-state index contributed by atoms with van der Waals surface area (Å²) in [4.78, 5) is 2.08. The molecule has 2 aliphatic rings. The Morgan fingerprint density at radius 1 is 1.18 bits per heavy atom. The van der Waals surface area contributed by atoms with E-state index in [4.69, 9.17) is 14.9 Å². The molecule has 1 aromatic carbocycles. The Labute approximate surface area is 164 Å². The second-order valence-electron chi connectivity index (χ2n) is 7.12. The third-order valence-corrected chi connectivity index (χ3v) is 5.75. The van der Waals surface area contributed by atoms with Crippen LogP contribution in [0.5, 0.6) is 11.5 Å². The normalized spacial score (nSPS) is 26.1. The van der Waals surface area contributed by atoms with Crippen LogP contribution in [0.25, 0.3) is 0 Å². The first kappa shape index (κ1) is 19.4. The zero-order valence-electron chi connectivity index (χ0n) is 16.1. The second kappa shape index (κ2) is 7.35. The topological polar surface area (TPSA) is 117 Å². The van der Waals surface area contributed by atoms with Crippen LogP contribution < -0.4 is 9.47 Å². The lowest BCUT2D eigenvalue weighted by molar-refractivity contribution is 0.232. The van der Waals surface area contributed by atoms with E-state index in [1.54, 1.807) is 25.3 Å². The SMILES string of the molecule is COc1ccc([C@H]2[C@H]3CN(C)CC=C3C(C#N)C(=N)C2(C#N)C#N)c(OC)c1. The molecule has 7 heteroatoms. The van der Waals surface area contributed by atoms with Crippen LogP contribution >= 0.6 is 0 Å². The fourth-order valence-electron chi connectivity index (χ4n) is 4.37. The summed E-state index contributed by atoms with van der Waals surface area (Å²) in [6, 6.07) is 11.6. The Bertz CT molecular complexity index is 948. The van der Waals surface area contributed by atoms with E-state index in [0.29, 0.717) is 30.2 Å². The molecule has 0 spiro atoms. The molecule has 0 radical (unpaired) electrons. The van der Waals surface area contributed by atoms with Gasteiger partial charge in [0.05, 0.1) is 38.1 Å².